The zero-order valence-electron chi connectivity index (χ0n) is 12.7. The molecule has 6 heteroatoms. The van der Waals surface area contributed by atoms with Crippen LogP contribution in [-0.4, -0.2) is 31.5 Å². The van der Waals surface area contributed by atoms with Gasteiger partial charge in [0, 0.05) is 18.2 Å². The maximum absolute atomic E-state index is 11.6. The molecule has 0 bridgehead atoms. The number of hydrogen-bond donors (Lipinski definition) is 2. The highest BCUT2D eigenvalue weighted by atomic mass is 35.5. The first-order valence-corrected chi connectivity index (χ1v) is 7.43. The van der Waals surface area contributed by atoms with Gasteiger partial charge in [-0.2, -0.15) is 0 Å². The lowest BCUT2D eigenvalue weighted by molar-refractivity contribution is 0.0773. The number of carbonyl (C=O) groups is 1. The first kappa shape index (κ1) is 17.6. The second kappa shape index (κ2) is 9.47. The Morgan fingerprint density at radius 3 is 2.52 bits per heavy atom. The highest BCUT2D eigenvalue weighted by Gasteiger charge is 2.07. The fourth-order valence-corrected chi connectivity index (χ4v) is 1.70. The number of urea groups is 1. The van der Waals surface area contributed by atoms with Crippen LogP contribution >= 0.6 is 11.6 Å². The third-order valence-electron chi connectivity index (χ3n) is 2.52. The largest absolute Gasteiger partial charge is 0.471 e. The molecule has 0 aliphatic carbocycles. The summed E-state index contributed by atoms with van der Waals surface area (Å²) in [7, 11) is 0. The van der Waals surface area contributed by atoms with Crippen LogP contribution in [0.5, 0.6) is 5.75 Å². The Hall–Kier alpha value is -1.46. The molecule has 0 spiro atoms. The molecule has 0 aliphatic rings. The lowest BCUT2D eigenvalue weighted by Gasteiger charge is -2.17. The molecule has 5 nitrogen and oxygen atoms in total. The molecule has 21 heavy (non-hydrogen) atoms. The van der Waals surface area contributed by atoms with Crippen molar-refractivity contribution < 1.29 is 14.3 Å². The van der Waals surface area contributed by atoms with Crippen LogP contribution in [0.15, 0.2) is 24.3 Å². The Labute approximate surface area is 131 Å². The molecule has 1 aromatic rings. The summed E-state index contributed by atoms with van der Waals surface area (Å²) < 4.78 is 10.9. The first-order valence-electron chi connectivity index (χ1n) is 7.05. The number of ether oxygens (including phenoxy) is 2. The maximum atomic E-state index is 11.6. The van der Waals surface area contributed by atoms with Crippen LogP contribution < -0.4 is 15.4 Å². The van der Waals surface area contributed by atoms with Crippen LogP contribution in [0, 0.1) is 0 Å². The van der Waals surface area contributed by atoms with E-state index in [2.05, 4.69) is 10.6 Å². The lowest BCUT2D eigenvalue weighted by atomic mass is 10.3. The molecule has 118 valence electrons. The second-order valence-corrected chi connectivity index (χ2v) is 5.32. The molecule has 1 atom stereocenters. The third kappa shape index (κ3) is 8.42. The smallest absolute Gasteiger partial charge is 0.317 e. The Morgan fingerprint density at radius 2 is 1.90 bits per heavy atom. The highest BCUT2D eigenvalue weighted by Crippen LogP contribution is 2.16. The minimum Gasteiger partial charge on any atom is -0.471 e. The van der Waals surface area contributed by atoms with Crippen molar-refractivity contribution in [3.8, 4) is 5.75 Å². The van der Waals surface area contributed by atoms with Crippen LogP contribution in [0.2, 0.25) is 5.02 Å². The molecule has 1 unspecified atom stereocenters. The molecule has 1 aromatic carbocycles. The van der Waals surface area contributed by atoms with Crippen molar-refractivity contribution in [1.29, 1.82) is 0 Å². The minimum absolute atomic E-state index is 0.214. The molecule has 0 fully saturated rings. The topological polar surface area (TPSA) is 59.6 Å². The van der Waals surface area contributed by atoms with Gasteiger partial charge in [-0.25, -0.2) is 4.79 Å². The first-order chi connectivity index (χ1) is 9.97. The van der Waals surface area contributed by atoms with E-state index in [9.17, 15) is 4.79 Å². The summed E-state index contributed by atoms with van der Waals surface area (Å²) in [6, 6.07) is 6.71. The molecule has 0 aliphatic heterocycles. The SMILES string of the molecule is CC(C)OCCCNC(=O)NC(C)Oc1ccc(Cl)cc1. The maximum Gasteiger partial charge on any atom is 0.317 e. The summed E-state index contributed by atoms with van der Waals surface area (Å²) in [6.45, 7) is 6.92. The van der Waals surface area contributed by atoms with Gasteiger partial charge in [-0.1, -0.05) is 11.6 Å². The van der Waals surface area contributed by atoms with Gasteiger partial charge in [0.15, 0.2) is 6.23 Å². The van der Waals surface area contributed by atoms with Crippen molar-refractivity contribution in [2.45, 2.75) is 39.5 Å². The third-order valence-corrected chi connectivity index (χ3v) is 2.77. The molecule has 0 aromatic heterocycles. The van der Waals surface area contributed by atoms with E-state index in [1.807, 2.05) is 13.8 Å². The van der Waals surface area contributed by atoms with Gasteiger partial charge in [0.1, 0.15) is 5.75 Å². The highest BCUT2D eigenvalue weighted by molar-refractivity contribution is 6.30. The number of amides is 2. The average molecular weight is 315 g/mol. The predicted molar refractivity (Wildman–Crippen MR) is 83.8 cm³/mol. The molecule has 0 heterocycles. The van der Waals surface area contributed by atoms with Gasteiger partial charge in [-0.15, -0.1) is 0 Å². The van der Waals surface area contributed by atoms with Crippen molar-refractivity contribution >= 4 is 17.6 Å². The molecule has 0 saturated carbocycles. The molecular formula is C15H23ClN2O3. The van der Waals surface area contributed by atoms with Gasteiger partial charge in [-0.3, -0.25) is 0 Å². The number of halogens is 1. The van der Waals surface area contributed by atoms with Crippen LogP contribution in [0.4, 0.5) is 4.79 Å². The van der Waals surface area contributed by atoms with E-state index in [1.165, 1.54) is 0 Å². The standard InChI is InChI=1S/C15H23ClN2O3/c1-11(2)20-10-4-9-17-15(19)18-12(3)21-14-7-5-13(16)6-8-14/h5-8,11-12H,4,9-10H2,1-3H3,(H2,17,18,19). The molecule has 0 radical (unpaired) electrons. The molecule has 2 amide bonds. The fraction of sp³-hybridized carbons (Fsp3) is 0.533. The van der Waals surface area contributed by atoms with E-state index in [1.54, 1.807) is 31.2 Å². The summed E-state index contributed by atoms with van der Waals surface area (Å²) in [5, 5.41) is 6.09. The van der Waals surface area contributed by atoms with Gasteiger partial charge < -0.3 is 20.1 Å². The minimum atomic E-state index is -0.432. The second-order valence-electron chi connectivity index (χ2n) is 4.89. The monoisotopic (exact) mass is 314 g/mol. The Kier molecular flexibility index (Phi) is 7.93. The zero-order valence-corrected chi connectivity index (χ0v) is 13.4. The number of nitrogens with one attached hydrogen (secondary N) is 2. The van der Waals surface area contributed by atoms with Gasteiger partial charge in [0.05, 0.1) is 6.10 Å². The molecule has 2 N–H and O–H groups in total. The number of carbonyl (C=O) groups excluding carboxylic acids is 1. The van der Waals surface area contributed by atoms with Crippen molar-refractivity contribution in [3.05, 3.63) is 29.3 Å². The van der Waals surface area contributed by atoms with Crippen molar-refractivity contribution in [1.82, 2.24) is 10.6 Å². The summed E-state index contributed by atoms with van der Waals surface area (Å²) in [5.74, 6) is 0.650. The van der Waals surface area contributed by atoms with E-state index in [0.717, 1.165) is 6.42 Å². The summed E-state index contributed by atoms with van der Waals surface area (Å²) >= 11 is 5.79. The van der Waals surface area contributed by atoms with Gasteiger partial charge in [0.2, 0.25) is 0 Å². The van der Waals surface area contributed by atoms with Crippen molar-refractivity contribution in [2.24, 2.45) is 0 Å². The summed E-state index contributed by atoms with van der Waals surface area (Å²) in [4.78, 5) is 11.6. The molecular weight excluding hydrogens is 292 g/mol. The van der Waals surface area contributed by atoms with Crippen molar-refractivity contribution in [2.75, 3.05) is 13.2 Å². The lowest BCUT2D eigenvalue weighted by Crippen LogP contribution is -2.43. The Bertz CT molecular complexity index is 423. The van der Waals surface area contributed by atoms with Crippen LogP contribution in [-0.2, 0) is 4.74 Å². The van der Waals surface area contributed by atoms with Crippen molar-refractivity contribution in [3.63, 3.8) is 0 Å². The number of benzene rings is 1. The van der Waals surface area contributed by atoms with E-state index < -0.39 is 6.23 Å². The number of hydrogen-bond acceptors (Lipinski definition) is 3. The normalized spacial score (nSPS) is 12.0. The quantitative estimate of drug-likeness (QED) is 0.572. The van der Waals surface area contributed by atoms with Gasteiger partial charge >= 0.3 is 6.03 Å². The van der Waals surface area contributed by atoms with E-state index >= 15 is 0 Å². The molecule has 0 saturated heterocycles. The van der Waals surface area contributed by atoms with E-state index in [4.69, 9.17) is 21.1 Å². The van der Waals surface area contributed by atoms with E-state index in [0.29, 0.717) is 23.9 Å². The summed E-state index contributed by atoms with van der Waals surface area (Å²) in [5.41, 5.74) is 0. The zero-order chi connectivity index (χ0) is 15.7. The predicted octanol–water partition coefficient (Wildman–Crippen LogP) is 3.18. The average Bonchev–Trinajstić information content (AvgIpc) is 2.40. The Morgan fingerprint density at radius 1 is 1.24 bits per heavy atom. The Balaban J connectivity index is 2.17. The molecule has 1 rings (SSSR count). The fourth-order valence-electron chi connectivity index (χ4n) is 1.58. The van der Waals surface area contributed by atoms with E-state index in [-0.39, 0.29) is 12.1 Å². The number of rotatable bonds is 8. The van der Waals surface area contributed by atoms with Gasteiger partial charge in [0.25, 0.3) is 0 Å². The van der Waals surface area contributed by atoms with Crippen LogP contribution in [0.3, 0.4) is 0 Å². The summed E-state index contributed by atoms with van der Waals surface area (Å²) in [6.07, 6.45) is 0.558. The van der Waals surface area contributed by atoms with Gasteiger partial charge in [-0.05, 0) is 51.5 Å². The van der Waals surface area contributed by atoms with Crippen LogP contribution in [0.1, 0.15) is 27.2 Å². The van der Waals surface area contributed by atoms with Crippen LogP contribution in [0.25, 0.3) is 0 Å².